The number of halogens is 1. The minimum Gasteiger partial charge on any atom is -0.454 e. The van der Waals surface area contributed by atoms with Crippen LogP contribution in [0.3, 0.4) is 0 Å². The fourth-order valence-electron chi connectivity index (χ4n) is 2.57. The fraction of sp³-hybridized carbons (Fsp3) is 0.263. The highest BCUT2D eigenvalue weighted by molar-refractivity contribution is 6.32. The van der Waals surface area contributed by atoms with Crippen molar-refractivity contribution in [3.05, 3.63) is 58.6 Å². The van der Waals surface area contributed by atoms with E-state index in [0.29, 0.717) is 11.5 Å². The number of fused-ring (bicyclic) bond motifs is 1. The van der Waals surface area contributed by atoms with Gasteiger partial charge < -0.3 is 19.1 Å². The Hall–Kier alpha value is -2.73. The van der Waals surface area contributed by atoms with Gasteiger partial charge in [0.05, 0.1) is 16.6 Å². The van der Waals surface area contributed by atoms with Crippen molar-refractivity contribution in [3.8, 4) is 11.5 Å². The van der Waals surface area contributed by atoms with Crippen LogP contribution in [0.25, 0.3) is 0 Å². The smallest absolute Gasteiger partial charge is 0.338 e. The Labute approximate surface area is 156 Å². The van der Waals surface area contributed by atoms with Crippen LogP contribution in [0.15, 0.2) is 42.5 Å². The lowest BCUT2D eigenvalue weighted by molar-refractivity contribution is -0.135. The zero-order valence-electron chi connectivity index (χ0n) is 14.4. The molecule has 1 amide bonds. The molecular weight excluding hydrogens is 358 g/mol. The molecule has 0 N–H and O–H groups in total. The highest BCUT2D eigenvalue weighted by Crippen LogP contribution is 2.39. The molecule has 0 fully saturated rings. The van der Waals surface area contributed by atoms with E-state index in [1.807, 2.05) is 37.3 Å². The molecule has 0 saturated carbocycles. The third-order valence-electron chi connectivity index (χ3n) is 4.25. The third kappa shape index (κ3) is 3.75. The Morgan fingerprint density at radius 1 is 1.23 bits per heavy atom. The van der Waals surface area contributed by atoms with Gasteiger partial charge in [0.25, 0.3) is 5.91 Å². The number of carbonyl (C=O) groups is 2. The van der Waals surface area contributed by atoms with Crippen molar-refractivity contribution in [2.24, 2.45) is 0 Å². The molecule has 1 unspecified atom stereocenters. The molecule has 1 heterocycles. The van der Waals surface area contributed by atoms with Crippen LogP contribution in [-0.4, -0.2) is 37.2 Å². The monoisotopic (exact) mass is 375 g/mol. The summed E-state index contributed by atoms with van der Waals surface area (Å²) in [5.41, 5.74) is 1.20. The minimum atomic E-state index is -0.653. The van der Waals surface area contributed by atoms with Crippen LogP contribution in [0.2, 0.25) is 5.02 Å². The number of esters is 1. The third-order valence-corrected chi connectivity index (χ3v) is 4.53. The molecule has 1 atom stereocenters. The van der Waals surface area contributed by atoms with Crippen molar-refractivity contribution in [2.45, 2.75) is 13.0 Å². The average Bonchev–Trinajstić information content (AvgIpc) is 3.14. The number of nitrogens with zero attached hydrogens (tertiary/aromatic N) is 1. The summed E-state index contributed by atoms with van der Waals surface area (Å²) in [6, 6.07) is 12.4. The standard InChI is InChI=1S/C19H18ClNO5/c1-12(13-6-4-3-5-7-13)21(2)17(22)10-24-19(23)14-8-15(20)18-16(9-14)25-11-26-18/h3-9,12H,10-11H2,1-2H3. The van der Waals surface area contributed by atoms with Crippen molar-refractivity contribution >= 4 is 23.5 Å². The van der Waals surface area contributed by atoms with E-state index < -0.39 is 5.97 Å². The van der Waals surface area contributed by atoms with Gasteiger partial charge in [0.2, 0.25) is 6.79 Å². The Kier molecular flexibility index (Phi) is 5.32. The zero-order valence-corrected chi connectivity index (χ0v) is 15.2. The Bertz CT molecular complexity index is 824. The molecule has 7 heteroatoms. The van der Waals surface area contributed by atoms with Gasteiger partial charge in [-0.25, -0.2) is 4.79 Å². The lowest BCUT2D eigenvalue weighted by atomic mass is 10.1. The van der Waals surface area contributed by atoms with Crippen molar-refractivity contribution in [3.63, 3.8) is 0 Å². The summed E-state index contributed by atoms with van der Waals surface area (Å²) in [5, 5.41) is 0.257. The van der Waals surface area contributed by atoms with E-state index in [9.17, 15) is 9.59 Å². The van der Waals surface area contributed by atoms with Gasteiger partial charge in [-0.3, -0.25) is 4.79 Å². The van der Waals surface area contributed by atoms with E-state index in [1.54, 1.807) is 7.05 Å². The van der Waals surface area contributed by atoms with Crippen molar-refractivity contribution in [2.75, 3.05) is 20.4 Å². The molecule has 0 spiro atoms. The minimum absolute atomic E-state index is 0.0498. The predicted octanol–water partition coefficient (Wildman–Crippen LogP) is 3.45. The molecule has 2 aromatic carbocycles. The second-order valence-corrected chi connectivity index (χ2v) is 6.27. The van der Waals surface area contributed by atoms with Crippen LogP contribution >= 0.6 is 11.6 Å². The molecule has 0 aromatic heterocycles. The molecule has 1 aliphatic rings. The highest BCUT2D eigenvalue weighted by Gasteiger charge is 2.23. The first-order valence-corrected chi connectivity index (χ1v) is 8.42. The van der Waals surface area contributed by atoms with E-state index in [4.69, 9.17) is 25.8 Å². The number of hydrogen-bond donors (Lipinski definition) is 0. The number of likely N-dealkylation sites (N-methyl/N-ethyl adjacent to an activating group) is 1. The molecule has 26 heavy (non-hydrogen) atoms. The molecule has 0 saturated heterocycles. The van der Waals surface area contributed by atoms with Gasteiger partial charge in [-0.15, -0.1) is 0 Å². The van der Waals surface area contributed by atoms with E-state index >= 15 is 0 Å². The summed E-state index contributed by atoms with van der Waals surface area (Å²) in [6.07, 6.45) is 0. The first-order valence-electron chi connectivity index (χ1n) is 8.04. The van der Waals surface area contributed by atoms with Gasteiger partial charge in [-0.1, -0.05) is 41.9 Å². The number of carbonyl (C=O) groups excluding carboxylic acids is 2. The fourth-order valence-corrected chi connectivity index (χ4v) is 2.83. The van der Waals surface area contributed by atoms with Gasteiger partial charge in [0.1, 0.15) is 0 Å². The summed E-state index contributed by atoms with van der Waals surface area (Å²) < 4.78 is 15.5. The topological polar surface area (TPSA) is 65.1 Å². The molecule has 2 aromatic rings. The van der Waals surface area contributed by atoms with Gasteiger partial charge in [0, 0.05) is 7.05 Å². The zero-order chi connectivity index (χ0) is 18.7. The summed E-state index contributed by atoms with van der Waals surface area (Å²) in [7, 11) is 1.67. The van der Waals surface area contributed by atoms with Crippen LogP contribution in [-0.2, 0) is 9.53 Å². The molecule has 1 aliphatic heterocycles. The number of rotatable bonds is 5. The van der Waals surface area contributed by atoms with E-state index in [-0.39, 0.29) is 35.9 Å². The first kappa shape index (κ1) is 18.1. The number of amides is 1. The lowest BCUT2D eigenvalue weighted by Gasteiger charge is -2.25. The summed E-state index contributed by atoms with van der Waals surface area (Å²) >= 11 is 6.05. The summed E-state index contributed by atoms with van der Waals surface area (Å²) in [4.78, 5) is 26.1. The lowest BCUT2D eigenvalue weighted by Crippen LogP contribution is -2.33. The van der Waals surface area contributed by atoms with Gasteiger partial charge in [-0.05, 0) is 24.6 Å². The Morgan fingerprint density at radius 3 is 2.69 bits per heavy atom. The SMILES string of the molecule is CC(c1ccccc1)N(C)C(=O)COC(=O)c1cc(Cl)c2c(c1)OCO2. The number of ether oxygens (including phenoxy) is 3. The van der Waals surface area contributed by atoms with E-state index in [0.717, 1.165) is 5.56 Å². The van der Waals surface area contributed by atoms with Crippen LogP contribution in [0.1, 0.15) is 28.9 Å². The summed E-state index contributed by atoms with van der Waals surface area (Å²) in [5.74, 6) is -0.179. The van der Waals surface area contributed by atoms with E-state index in [2.05, 4.69) is 0 Å². The summed E-state index contributed by atoms with van der Waals surface area (Å²) in [6.45, 7) is 1.60. The Balaban J connectivity index is 1.61. The molecule has 6 nitrogen and oxygen atoms in total. The van der Waals surface area contributed by atoms with Crippen molar-refractivity contribution in [1.29, 1.82) is 0 Å². The quantitative estimate of drug-likeness (QED) is 0.749. The van der Waals surface area contributed by atoms with Crippen molar-refractivity contribution in [1.82, 2.24) is 4.90 Å². The molecule has 0 radical (unpaired) electrons. The second kappa shape index (κ2) is 7.66. The second-order valence-electron chi connectivity index (χ2n) is 5.86. The molecule has 0 aliphatic carbocycles. The molecular formula is C19H18ClNO5. The van der Waals surface area contributed by atoms with Gasteiger partial charge in [0.15, 0.2) is 18.1 Å². The first-order chi connectivity index (χ1) is 12.5. The van der Waals surface area contributed by atoms with Crippen molar-refractivity contribution < 1.29 is 23.8 Å². The van der Waals surface area contributed by atoms with E-state index in [1.165, 1.54) is 17.0 Å². The van der Waals surface area contributed by atoms with Gasteiger partial charge in [-0.2, -0.15) is 0 Å². The van der Waals surface area contributed by atoms with Crippen LogP contribution in [0.5, 0.6) is 11.5 Å². The maximum absolute atomic E-state index is 12.3. The molecule has 0 bridgehead atoms. The Morgan fingerprint density at radius 2 is 1.96 bits per heavy atom. The van der Waals surface area contributed by atoms with Crippen LogP contribution < -0.4 is 9.47 Å². The van der Waals surface area contributed by atoms with Crippen LogP contribution in [0.4, 0.5) is 0 Å². The average molecular weight is 376 g/mol. The van der Waals surface area contributed by atoms with Gasteiger partial charge >= 0.3 is 5.97 Å². The van der Waals surface area contributed by atoms with Crippen LogP contribution in [0, 0.1) is 0 Å². The largest absolute Gasteiger partial charge is 0.454 e. The number of hydrogen-bond acceptors (Lipinski definition) is 5. The molecule has 136 valence electrons. The number of benzene rings is 2. The highest BCUT2D eigenvalue weighted by atomic mass is 35.5. The maximum Gasteiger partial charge on any atom is 0.338 e. The normalized spacial score (nSPS) is 13.2. The predicted molar refractivity (Wildman–Crippen MR) is 95.5 cm³/mol. The molecule has 3 rings (SSSR count). The maximum atomic E-state index is 12.3.